The third-order valence-corrected chi connectivity index (χ3v) is 10.4. The first-order chi connectivity index (χ1) is 23.2. The largest absolute Gasteiger partial charge is 0.455 e. The maximum Gasteiger partial charge on any atom is 0.313 e. The quantitative estimate of drug-likeness (QED) is 0.238. The summed E-state index contributed by atoms with van der Waals surface area (Å²) in [5.41, 5.74) is 0.249. The molecule has 6 rings (SSSR count). The number of ether oxygens (including phenoxy) is 2. The lowest BCUT2D eigenvalue weighted by molar-refractivity contribution is -0.161. The molecule has 4 heterocycles. The second-order valence-corrected chi connectivity index (χ2v) is 13.9. The summed E-state index contributed by atoms with van der Waals surface area (Å²) >= 11 is 3.62. The van der Waals surface area contributed by atoms with Crippen LogP contribution in [-0.4, -0.2) is 82.1 Å². The predicted octanol–water partition coefficient (Wildman–Crippen LogP) is 4.19. The van der Waals surface area contributed by atoms with Gasteiger partial charge in [-0.2, -0.15) is 0 Å². The van der Waals surface area contributed by atoms with Gasteiger partial charge < -0.3 is 29.7 Å². The molecule has 2 aromatic carbocycles. The predicted molar refractivity (Wildman–Crippen MR) is 181 cm³/mol. The maximum atomic E-state index is 14.8. The number of carbonyl (C=O) groups excluding carboxylic acids is 4. The number of fused-ring (bicyclic) bond motifs is 2. The van der Waals surface area contributed by atoms with E-state index in [1.807, 2.05) is 78.9 Å². The van der Waals surface area contributed by atoms with Gasteiger partial charge in [0.15, 0.2) is 0 Å². The van der Waals surface area contributed by atoms with Crippen molar-refractivity contribution >= 4 is 39.6 Å². The molecule has 2 N–H and O–H groups in total. The highest BCUT2D eigenvalue weighted by Gasteiger charge is 2.74. The van der Waals surface area contributed by atoms with Crippen molar-refractivity contribution in [2.24, 2.45) is 11.8 Å². The van der Waals surface area contributed by atoms with Crippen LogP contribution in [0.2, 0.25) is 0 Å². The highest BCUT2D eigenvalue weighted by Crippen LogP contribution is 2.59. The number of cyclic esters (lactones) is 1. The second-order valence-electron chi connectivity index (χ2n) is 13.0. The number of halogens is 1. The van der Waals surface area contributed by atoms with Crippen molar-refractivity contribution in [1.82, 2.24) is 15.1 Å². The lowest BCUT2D eigenvalue weighted by Crippen LogP contribution is -2.55. The van der Waals surface area contributed by atoms with Crippen molar-refractivity contribution in [2.45, 2.75) is 75.5 Å². The Labute approximate surface area is 289 Å². The molecule has 1 spiro atoms. The summed E-state index contributed by atoms with van der Waals surface area (Å²) in [6.07, 6.45) is 6.46. The van der Waals surface area contributed by atoms with Gasteiger partial charge in [-0.15, -0.1) is 0 Å². The third-order valence-electron chi connectivity index (χ3n) is 9.76. The number of nitrogens with zero attached hydrogens (tertiary/aromatic N) is 2. The van der Waals surface area contributed by atoms with Crippen LogP contribution in [0.3, 0.4) is 0 Å². The van der Waals surface area contributed by atoms with Gasteiger partial charge in [0, 0.05) is 37.1 Å². The van der Waals surface area contributed by atoms with Gasteiger partial charge in [-0.3, -0.25) is 19.2 Å². The lowest BCUT2D eigenvalue weighted by Gasteiger charge is -2.36. The number of benzene rings is 2. The van der Waals surface area contributed by atoms with Crippen LogP contribution in [0.1, 0.15) is 56.3 Å². The van der Waals surface area contributed by atoms with E-state index in [1.165, 1.54) is 0 Å². The zero-order valence-corrected chi connectivity index (χ0v) is 28.6. The van der Waals surface area contributed by atoms with Gasteiger partial charge >= 0.3 is 5.97 Å². The summed E-state index contributed by atoms with van der Waals surface area (Å²) < 4.78 is 13.5. The van der Waals surface area contributed by atoms with E-state index in [2.05, 4.69) is 21.2 Å². The number of rotatable bonds is 8. The standard InChI is InChI=1S/C37H42BrN3O7/c1-24-31(26-16-8-3-9-17-26)47-36(46)29-30-34(44)41(20-12-5-13-21-42)33(37(30)22-27(38)32(29)48-37)35(45)40(23-25-14-6-2-7-15-25)19-11-4-10-18-28(43)39-24/h2-4,6-9,11,14-17,22,24,29-33,42H,5,10,12-13,18-21,23H2,1H3,(H,39,43)/b11-4-/t24-,29+,30-,31+,32+,33+,37-/m1/s1. The average molecular weight is 721 g/mol. The summed E-state index contributed by atoms with van der Waals surface area (Å²) in [7, 11) is 0. The molecule has 10 nitrogen and oxygen atoms in total. The Kier molecular flexibility index (Phi) is 10.5. The van der Waals surface area contributed by atoms with Crippen molar-refractivity contribution in [2.75, 3.05) is 19.7 Å². The molecular weight excluding hydrogens is 678 g/mol. The van der Waals surface area contributed by atoms with Crippen LogP contribution in [0.5, 0.6) is 0 Å². The van der Waals surface area contributed by atoms with Crippen molar-refractivity contribution in [3.8, 4) is 0 Å². The summed E-state index contributed by atoms with van der Waals surface area (Å²) in [6, 6.07) is 17.3. The average Bonchev–Trinajstić information content (AvgIpc) is 3.68. The van der Waals surface area contributed by atoms with E-state index in [-0.39, 0.29) is 43.8 Å². The number of carbonyl (C=O) groups is 4. The number of nitrogens with one attached hydrogen (secondary N) is 1. The van der Waals surface area contributed by atoms with Gasteiger partial charge in [-0.25, -0.2) is 0 Å². The molecule has 4 aliphatic heterocycles. The monoisotopic (exact) mass is 719 g/mol. The van der Waals surface area contributed by atoms with Gasteiger partial charge in [0.25, 0.3) is 0 Å². The molecule has 2 fully saturated rings. The molecular formula is C37H42BrN3O7. The van der Waals surface area contributed by atoms with E-state index < -0.39 is 47.7 Å². The van der Waals surface area contributed by atoms with Crippen LogP contribution in [0.4, 0.5) is 0 Å². The van der Waals surface area contributed by atoms with Crippen LogP contribution in [0, 0.1) is 11.8 Å². The van der Waals surface area contributed by atoms with Crippen molar-refractivity contribution in [1.29, 1.82) is 0 Å². The summed E-state index contributed by atoms with van der Waals surface area (Å²) in [6.45, 7) is 2.66. The molecule has 11 heteroatoms. The maximum absolute atomic E-state index is 14.8. The Morgan fingerprint density at radius 1 is 0.938 bits per heavy atom. The van der Waals surface area contributed by atoms with E-state index in [4.69, 9.17) is 9.47 Å². The Morgan fingerprint density at radius 2 is 1.67 bits per heavy atom. The van der Waals surface area contributed by atoms with Crippen molar-refractivity contribution in [3.63, 3.8) is 0 Å². The number of likely N-dealkylation sites (tertiary alicyclic amines) is 1. The minimum Gasteiger partial charge on any atom is -0.455 e. The molecule has 0 radical (unpaired) electrons. The highest BCUT2D eigenvalue weighted by atomic mass is 79.9. The first kappa shape index (κ1) is 34.1. The Hall–Kier alpha value is -3.80. The SMILES string of the molecule is C[C@H]1NC(=O)CC/C=C\CN(Cc2ccccc2)C(=O)[C@@H]2N(CCCCCO)C(=O)[C@H]3[C@H](C(=O)O[C@@H]1c1ccccc1)[C@H]1O[C@@]23C=C1Br. The first-order valence-electron chi connectivity index (χ1n) is 16.7. The molecule has 0 saturated carbocycles. The van der Waals surface area contributed by atoms with Gasteiger partial charge in [0.1, 0.15) is 29.8 Å². The molecule has 254 valence electrons. The topological polar surface area (TPSA) is 125 Å². The van der Waals surface area contributed by atoms with Crippen LogP contribution in [-0.2, 0) is 35.2 Å². The molecule has 4 aliphatic rings. The number of hydrogen-bond acceptors (Lipinski definition) is 7. The summed E-state index contributed by atoms with van der Waals surface area (Å²) in [5, 5.41) is 12.4. The highest BCUT2D eigenvalue weighted by molar-refractivity contribution is 9.11. The van der Waals surface area contributed by atoms with Gasteiger partial charge in [0.05, 0.1) is 12.0 Å². The Balaban J connectivity index is 1.42. The number of amides is 3. The van der Waals surface area contributed by atoms with E-state index in [1.54, 1.807) is 16.7 Å². The summed E-state index contributed by atoms with van der Waals surface area (Å²) in [4.78, 5) is 60.0. The molecule has 2 aromatic rings. The van der Waals surface area contributed by atoms with E-state index in [9.17, 15) is 24.3 Å². The fourth-order valence-corrected chi connectivity index (χ4v) is 8.26. The second kappa shape index (κ2) is 14.8. The minimum atomic E-state index is -1.38. The van der Waals surface area contributed by atoms with E-state index in [0.29, 0.717) is 42.3 Å². The number of aliphatic hydroxyl groups excluding tert-OH is 1. The van der Waals surface area contributed by atoms with Crippen LogP contribution in [0.15, 0.2) is 83.4 Å². The van der Waals surface area contributed by atoms with Crippen molar-refractivity contribution in [3.05, 3.63) is 94.5 Å². The molecule has 0 aromatic heterocycles. The van der Waals surface area contributed by atoms with Gasteiger partial charge in [0.2, 0.25) is 17.7 Å². The number of unbranched alkanes of at least 4 members (excludes halogenated alkanes) is 2. The normalized spacial score (nSPS) is 31.4. The van der Waals surface area contributed by atoms with Gasteiger partial charge in [-0.05, 0) is 49.8 Å². The fourth-order valence-electron chi connectivity index (χ4n) is 7.53. The minimum absolute atomic E-state index is 0.0376. The molecule has 0 unspecified atom stereocenters. The first-order valence-corrected chi connectivity index (χ1v) is 17.5. The number of hydrogen-bond donors (Lipinski definition) is 2. The molecule has 3 amide bonds. The van der Waals surface area contributed by atoms with Crippen LogP contribution >= 0.6 is 15.9 Å². The number of esters is 1. The lowest BCUT2D eigenvalue weighted by atomic mass is 9.74. The van der Waals surface area contributed by atoms with E-state index >= 15 is 0 Å². The van der Waals surface area contributed by atoms with Gasteiger partial charge in [-0.1, -0.05) is 88.7 Å². The number of allylic oxidation sites excluding steroid dienone is 1. The molecule has 2 saturated heterocycles. The zero-order valence-electron chi connectivity index (χ0n) is 27.0. The van der Waals surface area contributed by atoms with Crippen LogP contribution in [0.25, 0.3) is 0 Å². The Bertz CT molecular complexity index is 1570. The summed E-state index contributed by atoms with van der Waals surface area (Å²) in [5.74, 6) is -3.42. The zero-order chi connectivity index (χ0) is 33.8. The van der Waals surface area contributed by atoms with E-state index in [0.717, 1.165) is 5.56 Å². The van der Waals surface area contributed by atoms with Crippen molar-refractivity contribution < 1.29 is 33.8 Å². The Morgan fingerprint density at radius 3 is 2.40 bits per heavy atom. The molecule has 7 atom stereocenters. The molecule has 0 aliphatic carbocycles. The smallest absolute Gasteiger partial charge is 0.313 e. The molecule has 48 heavy (non-hydrogen) atoms. The third kappa shape index (κ3) is 6.60. The molecule has 5 bridgehead atoms. The number of aliphatic hydroxyl groups is 1. The fraction of sp³-hybridized carbons (Fsp3) is 0.459. The van der Waals surface area contributed by atoms with Crippen LogP contribution < -0.4 is 5.32 Å².